The fourth-order valence-electron chi connectivity index (χ4n) is 1.43. The van der Waals surface area contributed by atoms with Gasteiger partial charge >= 0.3 is 0 Å². The Balaban J connectivity index is 2.31. The van der Waals surface area contributed by atoms with Crippen LogP contribution in [0.5, 0.6) is 5.75 Å². The maximum atomic E-state index is 11.0. The van der Waals surface area contributed by atoms with Gasteiger partial charge in [-0.3, -0.25) is 4.79 Å². The maximum absolute atomic E-state index is 11.0. The van der Waals surface area contributed by atoms with Gasteiger partial charge in [-0.1, -0.05) is 11.3 Å². The zero-order chi connectivity index (χ0) is 13.1. The average Bonchev–Trinajstić information content (AvgIpc) is 2.69. The largest absolute Gasteiger partial charge is 0.497 e. The summed E-state index contributed by atoms with van der Waals surface area (Å²) in [5.74, 6) is 0.671. The van der Waals surface area contributed by atoms with Gasteiger partial charge in [-0.2, -0.15) is 0 Å². The first-order valence-electron chi connectivity index (χ1n) is 5.18. The minimum Gasteiger partial charge on any atom is -0.497 e. The van der Waals surface area contributed by atoms with Crippen molar-refractivity contribution in [1.29, 1.82) is 0 Å². The van der Waals surface area contributed by atoms with Gasteiger partial charge in [0.15, 0.2) is 5.13 Å². The van der Waals surface area contributed by atoms with Gasteiger partial charge in [-0.15, -0.1) is 0 Å². The van der Waals surface area contributed by atoms with E-state index in [1.165, 1.54) is 18.3 Å². The fourth-order valence-corrected chi connectivity index (χ4v) is 2.97. The zero-order valence-corrected chi connectivity index (χ0v) is 12.3. The van der Waals surface area contributed by atoms with E-state index in [4.69, 9.17) is 4.74 Å². The van der Waals surface area contributed by atoms with Gasteiger partial charge in [-0.05, 0) is 40.2 Å². The molecule has 1 amide bonds. The SMILES string of the molecule is COc1ccc(-c2nc(NC(C)=O)sc2Br)cc1. The molecule has 0 aliphatic rings. The van der Waals surface area contributed by atoms with Gasteiger partial charge in [-0.25, -0.2) is 4.98 Å². The molecule has 18 heavy (non-hydrogen) atoms. The van der Waals surface area contributed by atoms with Crippen LogP contribution < -0.4 is 10.1 Å². The number of carbonyl (C=O) groups excluding carboxylic acids is 1. The van der Waals surface area contributed by atoms with Gasteiger partial charge in [0.1, 0.15) is 5.75 Å². The van der Waals surface area contributed by atoms with Crippen molar-refractivity contribution < 1.29 is 9.53 Å². The number of anilines is 1. The van der Waals surface area contributed by atoms with Gasteiger partial charge in [0.2, 0.25) is 5.91 Å². The van der Waals surface area contributed by atoms with Crippen LogP contribution in [-0.4, -0.2) is 18.0 Å². The summed E-state index contributed by atoms with van der Waals surface area (Å²) in [5, 5.41) is 3.26. The predicted molar refractivity (Wildman–Crippen MR) is 76.1 cm³/mol. The number of nitrogens with zero attached hydrogens (tertiary/aromatic N) is 1. The van der Waals surface area contributed by atoms with E-state index in [1.807, 2.05) is 24.3 Å². The van der Waals surface area contributed by atoms with Crippen LogP contribution in [0.15, 0.2) is 28.1 Å². The van der Waals surface area contributed by atoms with E-state index < -0.39 is 0 Å². The molecular weight excluding hydrogens is 316 g/mol. The van der Waals surface area contributed by atoms with Crippen LogP contribution in [0, 0.1) is 0 Å². The lowest BCUT2D eigenvalue weighted by atomic mass is 10.2. The molecule has 0 saturated heterocycles. The molecule has 0 atom stereocenters. The summed E-state index contributed by atoms with van der Waals surface area (Å²) in [6, 6.07) is 7.60. The summed E-state index contributed by atoms with van der Waals surface area (Å²) in [7, 11) is 1.63. The third kappa shape index (κ3) is 2.88. The fraction of sp³-hybridized carbons (Fsp3) is 0.167. The molecule has 4 nitrogen and oxygen atoms in total. The van der Waals surface area contributed by atoms with E-state index in [0.29, 0.717) is 5.13 Å². The number of ether oxygens (including phenoxy) is 1. The molecule has 1 aromatic carbocycles. The van der Waals surface area contributed by atoms with Crippen LogP contribution in [0.2, 0.25) is 0 Å². The van der Waals surface area contributed by atoms with E-state index in [1.54, 1.807) is 7.11 Å². The summed E-state index contributed by atoms with van der Waals surface area (Å²) >= 11 is 4.84. The molecule has 1 N–H and O–H groups in total. The summed E-state index contributed by atoms with van der Waals surface area (Å²) < 4.78 is 5.99. The molecule has 0 radical (unpaired) electrons. The Labute approximate surface area is 117 Å². The van der Waals surface area contributed by atoms with E-state index in [0.717, 1.165) is 20.8 Å². The highest BCUT2D eigenvalue weighted by atomic mass is 79.9. The zero-order valence-electron chi connectivity index (χ0n) is 9.86. The molecule has 0 spiro atoms. The van der Waals surface area contributed by atoms with Gasteiger partial charge < -0.3 is 10.1 Å². The van der Waals surface area contributed by atoms with Crippen molar-refractivity contribution in [2.75, 3.05) is 12.4 Å². The standard InChI is InChI=1S/C12H11BrN2O2S/c1-7(16)14-12-15-10(11(13)18-12)8-3-5-9(17-2)6-4-8/h3-6H,1-2H3,(H,14,15,16). The summed E-state index contributed by atoms with van der Waals surface area (Å²) in [6.07, 6.45) is 0. The smallest absolute Gasteiger partial charge is 0.223 e. The molecule has 0 unspecified atom stereocenters. The van der Waals surface area contributed by atoms with Crippen molar-refractivity contribution in [3.05, 3.63) is 28.1 Å². The van der Waals surface area contributed by atoms with Crippen molar-refractivity contribution in [2.24, 2.45) is 0 Å². The molecule has 1 heterocycles. The number of halogens is 1. The molecule has 0 fully saturated rings. The van der Waals surface area contributed by atoms with Crippen molar-refractivity contribution >= 4 is 38.3 Å². The van der Waals surface area contributed by atoms with Crippen LogP contribution in [0.1, 0.15) is 6.92 Å². The molecule has 1 aromatic heterocycles. The van der Waals surface area contributed by atoms with Crippen LogP contribution in [0.4, 0.5) is 5.13 Å². The van der Waals surface area contributed by atoms with Crippen molar-refractivity contribution in [3.8, 4) is 17.0 Å². The van der Waals surface area contributed by atoms with E-state index in [-0.39, 0.29) is 5.91 Å². The molecule has 2 rings (SSSR count). The van der Waals surface area contributed by atoms with Crippen molar-refractivity contribution in [2.45, 2.75) is 6.92 Å². The Kier molecular flexibility index (Phi) is 3.98. The van der Waals surface area contributed by atoms with Crippen LogP contribution in [0.3, 0.4) is 0 Å². The summed E-state index contributed by atoms with van der Waals surface area (Å²) in [6.45, 7) is 1.46. The minimum atomic E-state index is -0.127. The molecule has 6 heteroatoms. The maximum Gasteiger partial charge on any atom is 0.223 e. The third-order valence-corrected chi connectivity index (χ3v) is 3.85. The van der Waals surface area contributed by atoms with E-state index in [2.05, 4.69) is 26.2 Å². The monoisotopic (exact) mass is 326 g/mol. The summed E-state index contributed by atoms with van der Waals surface area (Å²) in [4.78, 5) is 15.4. The second-order valence-electron chi connectivity index (χ2n) is 3.55. The number of nitrogens with one attached hydrogen (secondary N) is 1. The second-order valence-corrected chi connectivity index (χ2v) is 5.87. The molecule has 94 valence electrons. The van der Waals surface area contributed by atoms with Crippen LogP contribution >= 0.6 is 27.3 Å². The number of carbonyl (C=O) groups is 1. The van der Waals surface area contributed by atoms with Gasteiger partial charge in [0, 0.05) is 12.5 Å². The normalized spacial score (nSPS) is 10.2. The number of benzene rings is 1. The first-order valence-corrected chi connectivity index (χ1v) is 6.79. The van der Waals surface area contributed by atoms with Gasteiger partial charge in [0.25, 0.3) is 0 Å². The Morgan fingerprint density at radius 1 is 1.39 bits per heavy atom. The molecule has 0 aliphatic carbocycles. The number of rotatable bonds is 3. The number of methoxy groups -OCH3 is 1. The van der Waals surface area contributed by atoms with Crippen LogP contribution in [-0.2, 0) is 4.79 Å². The lowest BCUT2D eigenvalue weighted by Gasteiger charge is -2.01. The van der Waals surface area contributed by atoms with E-state index >= 15 is 0 Å². The highest BCUT2D eigenvalue weighted by Gasteiger charge is 2.11. The highest BCUT2D eigenvalue weighted by Crippen LogP contribution is 2.35. The lowest BCUT2D eigenvalue weighted by molar-refractivity contribution is -0.114. The molecule has 0 bridgehead atoms. The molecule has 0 aliphatic heterocycles. The van der Waals surface area contributed by atoms with Crippen LogP contribution in [0.25, 0.3) is 11.3 Å². The Hall–Kier alpha value is -1.40. The van der Waals surface area contributed by atoms with Crippen molar-refractivity contribution in [1.82, 2.24) is 4.98 Å². The quantitative estimate of drug-likeness (QED) is 0.938. The topological polar surface area (TPSA) is 51.2 Å². The second kappa shape index (κ2) is 5.49. The lowest BCUT2D eigenvalue weighted by Crippen LogP contribution is -2.04. The Morgan fingerprint density at radius 3 is 2.61 bits per heavy atom. The molecule has 0 saturated carbocycles. The Morgan fingerprint density at radius 2 is 2.06 bits per heavy atom. The Bertz CT molecular complexity index is 566. The van der Waals surface area contributed by atoms with Crippen molar-refractivity contribution in [3.63, 3.8) is 0 Å². The number of thiazole rings is 1. The average molecular weight is 327 g/mol. The number of amides is 1. The molecule has 2 aromatic rings. The highest BCUT2D eigenvalue weighted by molar-refractivity contribution is 9.11. The third-order valence-electron chi connectivity index (χ3n) is 2.23. The minimum absolute atomic E-state index is 0.127. The molecular formula is C12H11BrN2O2S. The first-order chi connectivity index (χ1) is 8.60. The first kappa shape index (κ1) is 13.0. The summed E-state index contributed by atoms with van der Waals surface area (Å²) in [5.41, 5.74) is 1.78. The predicted octanol–water partition coefficient (Wildman–Crippen LogP) is 3.54. The number of hydrogen-bond acceptors (Lipinski definition) is 4. The van der Waals surface area contributed by atoms with Gasteiger partial charge in [0.05, 0.1) is 16.6 Å². The number of hydrogen-bond donors (Lipinski definition) is 1. The van der Waals surface area contributed by atoms with E-state index in [9.17, 15) is 4.79 Å². The number of aromatic nitrogens is 1.